The van der Waals surface area contributed by atoms with Crippen molar-refractivity contribution in [2.24, 2.45) is 5.73 Å². The van der Waals surface area contributed by atoms with Gasteiger partial charge in [0, 0.05) is 20.8 Å². The highest BCUT2D eigenvalue weighted by Gasteiger charge is 2.25. The van der Waals surface area contributed by atoms with Crippen LogP contribution in [0.3, 0.4) is 0 Å². The maximum absolute atomic E-state index is 12.0. The van der Waals surface area contributed by atoms with Crippen molar-refractivity contribution in [3.8, 4) is 11.3 Å². The molecule has 7 heteroatoms. The molecule has 4 aromatic rings. The number of carbonyl (C=O) groups excluding carboxylic acids is 1. The number of halogens is 1. The number of amides is 1. The molecule has 0 fully saturated rings. The minimum absolute atomic E-state index is 0.122. The first-order valence-electron chi connectivity index (χ1n) is 8.81. The summed E-state index contributed by atoms with van der Waals surface area (Å²) in [7, 11) is 0. The highest BCUT2D eigenvalue weighted by molar-refractivity contribution is 7.10. The number of thiophene rings is 1. The Hall–Kier alpha value is -3.09. The largest absolute Gasteiger partial charge is 0.478 e. The fraction of sp³-hybridized carbons (Fsp3) is 0.0909. The number of rotatable bonds is 6. The number of carboxylic acid groups (broad SMARTS) is 1. The van der Waals surface area contributed by atoms with Crippen molar-refractivity contribution in [3.05, 3.63) is 81.0 Å². The summed E-state index contributed by atoms with van der Waals surface area (Å²) in [5, 5.41) is 12.6. The van der Waals surface area contributed by atoms with Crippen LogP contribution in [0.2, 0.25) is 5.02 Å². The number of hydrogen-bond donors (Lipinski definition) is 2. The third-order valence-electron chi connectivity index (χ3n) is 4.74. The van der Waals surface area contributed by atoms with Gasteiger partial charge < -0.3 is 15.3 Å². The molecule has 1 amide bonds. The first kappa shape index (κ1) is 19.2. The summed E-state index contributed by atoms with van der Waals surface area (Å²) in [6.07, 6.45) is 0.326. The summed E-state index contributed by atoms with van der Waals surface area (Å²) >= 11 is 7.26. The number of hydrogen-bond acceptors (Lipinski definition) is 4. The molecule has 0 aliphatic heterocycles. The number of benzene rings is 2. The predicted octanol–water partition coefficient (Wildman–Crippen LogP) is 5.32. The fourth-order valence-corrected chi connectivity index (χ4v) is 4.46. The van der Waals surface area contributed by atoms with Crippen molar-refractivity contribution >= 4 is 45.8 Å². The maximum Gasteiger partial charge on any atom is 0.336 e. The van der Waals surface area contributed by atoms with Gasteiger partial charge in [-0.1, -0.05) is 35.9 Å². The molecule has 0 bridgehead atoms. The van der Waals surface area contributed by atoms with E-state index < -0.39 is 17.8 Å². The van der Waals surface area contributed by atoms with Gasteiger partial charge in [-0.2, -0.15) is 0 Å². The number of fused-ring (bicyclic) bond motifs is 1. The molecular weight excluding hydrogens is 410 g/mol. The zero-order valence-electron chi connectivity index (χ0n) is 15.1. The van der Waals surface area contributed by atoms with Gasteiger partial charge in [-0.05, 0) is 47.7 Å². The summed E-state index contributed by atoms with van der Waals surface area (Å²) in [5.74, 6) is -1.59. The van der Waals surface area contributed by atoms with E-state index >= 15 is 0 Å². The molecule has 0 radical (unpaired) electrons. The average molecular weight is 426 g/mol. The second kappa shape index (κ2) is 7.73. The molecule has 0 aliphatic rings. The zero-order chi connectivity index (χ0) is 20.5. The Bertz CT molecular complexity index is 1210. The molecule has 0 aliphatic carbocycles. The summed E-state index contributed by atoms with van der Waals surface area (Å²) in [6, 6.07) is 16.4. The van der Waals surface area contributed by atoms with Crippen LogP contribution in [-0.4, -0.2) is 17.0 Å². The van der Waals surface area contributed by atoms with E-state index in [0.29, 0.717) is 22.1 Å². The number of aromatic carboxylic acids is 1. The van der Waals surface area contributed by atoms with Gasteiger partial charge in [0.2, 0.25) is 5.91 Å². The molecule has 0 spiro atoms. The van der Waals surface area contributed by atoms with Gasteiger partial charge >= 0.3 is 5.97 Å². The third kappa shape index (κ3) is 3.90. The van der Waals surface area contributed by atoms with Crippen LogP contribution in [0.5, 0.6) is 0 Å². The smallest absolute Gasteiger partial charge is 0.336 e. The summed E-state index contributed by atoms with van der Waals surface area (Å²) in [4.78, 5) is 23.9. The van der Waals surface area contributed by atoms with E-state index in [9.17, 15) is 14.7 Å². The molecule has 29 heavy (non-hydrogen) atoms. The fourth-order valence-electron chi connectivity index (χ4n) is 3.29. The van der Waals surface area contributed by atoms with Gasteiger partial charge in [0.15, 0.2) is 0 Å². The van der Waals surface area contributed by atoms with Crippen LogP contribution in [0.4, 0.5) is 0 Å². The molecule has 1 unspecified atom stereocenters. The van der Waals surface area contributed by atoms with Crippen LogP contribution in [0.1, 0.15) is 26.7 Å². The highest BCUT2D eigenvalue weighted by atomic mass is 35.5. The molecule has 3 N–H and O–H groups in total. The Morgan fingerprint density at radius 3 is 2.55 bits per heavy atom. The molecule has 5 nitrogen and oxygen atoms in total. The van der Waals surface area contributed by atoms with Crippen molar-refractivity contribution in [3.63, 3.8) is 0 Å². The van der Waals surface area contributed by atoms with Crippen molar-refractivity contribution < 1.29 is 19.1 Å². The quantitative estimate of drug-likeness (QED) is 0.437. The Labute approximate surface area is 175 Å². The standard InChI is InChI=1S/C22H16ClNO4S/c23-15-5-6-18-14(10-15)11-19(28-18)13-3-1-12(2-4-13)9-17(21(24)25)20-16(22(26)27)7-8-29-20/h1-8,10-11,17H,9H2,(H2,24,25)(H,26,27). The van der Waals surface area contributed by atoms with Gasteiger partial charge in [0.1, 0.15) is 11.3 Å². The second-order valence-electron chi connectivity index (χ2n) is 6.65. The second-order valence-corrected chi connectivity index (χ2v) is 8.04. The lowest BCUT2D eigenvalue weighted by Crippen LogP contribution is -2.24. The van der Waals surface area contributed by atoms with Crippen LogP contribution >= 0.6 is 22.9 Å². The van der Waals surface area contributed by atoms with Crippen molar-refractivity contribution in [1.29, 1.82) is 0 Å². The highest BCUT2D eigenvalue weighted by Crippen LogP contribution is 2.32. The Morgan fingerprint density at radius 2 is 1.86 bits per heavy atom. The minimum Gasteiger partial charge on any atom is -0.478 e. The lowest BCUT2D eigenvalue weighted by molar-refractivity contribution is -0.119. The van der Waals surface area contributed by atoms with Gasteiger partial charge in [0.25, 0.3) is 0 Å². The normalized spacial score (nSPS) is 12.2. The molecule has 2 aromatic carbocycles. The predicted molar refractivity (Wildman–Crippen MR) is 114 cm³/mol. The molecule has 1 atom stereocenters. The van der Waals surface area contributed by atoms with E-state index in [1.807, 2.05) is 42.5 Å². The SMILES string of the molecule is NC(=O)C(Cc1ccc(-c2cc3cc(Cl)ccc3o2)cc1)c1sccc1C(=O)O. The van der Waals surface area contributed by atoms with Crippen molar-refractivity contribution in [1.82, 2.24) is 0 Å². The van der Waals surface area contributed by atoms with Crippen molar-refractivity contribution in [2.45, 2.75) is 12.3 Å². The monoisotopic (exact) mass is 425 g/mol. The first-order chi connectivity index (χ1) is 13.9. The van der Waals surface area contributed by atoms with Gasteiger partial charge in [-0.3, -0.25) is 4.79 Å². The van der Waals surface area contributed by atoms with E-state index in [4.69, 9.17) is 21.8 Å². The lowest BCUT2D eigenvalue weighted by Gasteiger charge is -2.13. The number of carboxylic acids is 1. The Balaban J connectivity index is 1.60. The van der Waals surface area contributed by atoms with E-state index in [2.05, 4.69) is 0 Å². The van der Waals surface area contributed by atoms with Gasteiger partial charge in [-0.25, -0.2) is 4.79 Å². The average Bonchev–Trinajstić information content (AvgIpc) is 3.33. The van der Waals surface area contributed by atoms with Gasteiger partial charge in [0.05, 0.1) is 11.5 Å². The summed E-state index contributed by atoms with van der Waals surface area (Å²) in [5.41, 5.74) is 8.21. The van der Waals surface area contributed by atoms with Crippen LogP contribution in [-0.2, 0) is 11.2 Å². The first-order valence-corrected chi connectivity index (χ1v) is 10.1. The van der Waals surface area contributed by atoms with Crippen LogP contribution in [0.15, 0.2) is 64.4 Å². The van der Waals surface area contributed by atoms with E-state index in [1.165, 1.54) is 17.4 Å². The van der Waals surface area contributed by atoms with Crippen molar-refractivity contribution in [2.75, 3.05) is 0 Å². The number of carbonyl (C=O) groups is 2. The minimum atomic E-state index is -1.06. The summed E-state index contributed by atoms with van der Waals surface area (Å²) < 4.78 is 5.87. The number of nitrogens with two attached hydrogens (primary N) is 1. The maximum atomic E-state index is 12.0. The van der Waals surface area contributed by atoms with E-state index in [1.54, 1.807) is 11.4 Å². The molecule has 0 saturated heterocycles. The topological polar surface area (TPSA) is 93.5 Å². The zero-order valence-corrected chi connectivity index (χ0v) is 16.7. The van der Waals surface area contributed by atoms with Crippen LogP contribution in [0, 0.1) is 0 Å². The van der Waals surface area contributed by atoms with Crippen LogP contribution < -0.4 is 5.73 Å². The molecule has 146 valence electrons. The third-order valence-corrected chi connectivity index (χ3v) is 6.01. The number of furan rings is 1. The molecular formula is C22H16ClNO4S. The van der Waals surface area contributed by atoms with E-state index in [0.717, 1.165) is 22.1 Å². The molecule has 4 rings (SSSR count). The number of primary amides is 1. The Morgan fingerprint density at radius 1 is 1.10 bits per heavy atom. The molecule has 2 aromatic heterocycles. The molecule has 2 heterocycles. The van der Waals surface area contributed by atoms with Gasteiger partial charge in [-0.15, -0.1) is 11.3 Å². The Kier molecular flexibility index (Phi) is 5.13. The molecule has 0 saturated carbocycles. The van der Waals surface area contributed by atoms with E-state index in [-0.39, 0.29) is 5.56 Å². The lowest BCUT2D eigenvalue weighted by atomic mass is 9.94. The van der Waals surface area contributed by atoms with Crippen LogP contribution in [0.25, 0.3) is 22.3 Å². The summed E-state index contributed by atoms with van der Waals surface area (Å²) in [6.45, 7) is 0.